The van der Waals surface area contributed by atoms with Crippen LogP contribution in [0, 0.1) is 0 Å². The Balaban J connectivity index is 4.32. The fraction of sp³-hybridized carbons (Fsp3) is 0.746. The Morgan fingerprint density at radius 1 is 0.288 bits per heavy atom. The Hall–Kier alpha value is -3.41. The predicted octanol–water partition coefficient (Wildman–Crippen LogP) is 21.1. The quantitative estimate of drug-likeness (QED) is 0.0261. The summed E-state index contributed by atoms with van der Waals surface area (Å²) in [5.74, 6) is -0.899. The van der Waals surface area contributed by atoms with E-state index < -0.39 is 6.10 Å². The van der Waals surface area contributed by atoms with Gasteiger partial charge >= 0.3 is 17.9 Å². The summed E-state index contributed by atoms with van der Waals surface area (Å²) in [5.41, 5.74) is 0. The van der Waals surface area contributed by atoms with Crippen LogP contribution in [0.3, 0.4) is 0 Å². The lowest BCUT2D eigenvalue weighted by atomic mass is 10.0. The predicted molar refractivity (Wildman–Crippen MR) is 316 cm³/mol. The first-order chi connectivity index (χ1) is 36.0. The molecule has 0 aromatic heterocycles. The van der Waals surface area contributed by atoms with Crippen LogP contribution in [0.1, 0.15) is 303 Å². The van der Waals surface area contributed by atoms with Crippen LogP contribution in [-0.4, -0.2) is 37.2 Å². The van der Waals surface area contributed by atoms with Gasteiger partial charge in [-0.2, -0.15) is 0 Å². The molecule has 1 unspecified atom stereocenters. The van der Waals surface area contributed by atoms with Gasteiger partial charge in [0.15, 0.2) is 6.10 Å². The topological polar surface area (TPSA) is 78.9 Å². The fourth-order valence-corrected chi connectivity index (χ4v) is 8.69. The van der Waals surface area contributed by atoms with Crippen molar-refractivity contribution in [3.05, 3.63) is 85.1 Å². The van der Waals surface area contributed by atoms with Crippen LogP contribution in [0.25, 0.3) is 0 Å². The van der Waals surface area contributed by atoms with Gasteiger partial charge in [-0.05, 0) is 116 Å². The smallest absolute Gasteiger partial charge is 0.306 e. The molecule has 0 spiro atoms. The number of hydrogen-bond acceptors (Lipinski definition) is 6. The molecule has 0 aliphatic heterocycles. The molecule has 73 heavy (non-hydrogen) atoms. The van der Waals surface area contributed by atoms with E-state index in [-0.39, 0.29) is 31.1 Å². The number of allylic oxidation sites excluding steroid dienone is 14. The van der Waals surface area contributed by atoms with Crippen molar-refractivity contribution < 1.29 is 28.6 Å². The highest BCUT2D eigenvalue weighted by Gasteiger charge is 2.19. The number of rotatable bonds is 56. The van der Waals surface area contributed by atoms with Crippen LogP contribution < -0.4 is 0 Å². The van der Waals surface area contributed by atoms with Crippen LogP contribution in [0.5, 0.6) is 0 Å². The average molecular weight is 1020 g/mol. The Morgan fingerprint density at radius 3 is 0.877 bits per heavy atom. The number of unbranched alkanes of at least 4 members (excludes halogenated alkanes) is 31. The third-order valence-electron chi connectivity index (χ3n) is 13.4. The highest BCUT2D eigenvalue weighted by Crippen LogP contribution is 2.16. The maximum atomic E-state index is 12.9. The molecular formula is C67H116O6. The van der Waals surface area contributed by atoms with Crippen LogP contribution in [0.2, 0.25) is 0 Å². The van der Waals surface area contributed by atoms with Crippen LogP contribution in [-0.2, 0) is 28.6 Å². The van der Waals surface area contributed by atoms with E-state index in [0.29, 0.717) is 19.3 Å². The first-order valence-corrected chi connectivity index (χ1v) is 31.1. The minimum Gasteiger partial charge on any atom is -0.462 e. The molecule has 6 nitrogen and oxygen atoms in total. The van der Waals surface area contributed by atoms with Crippen molar-refractivity contribution in [1.29, 1.82) is 0 Å². The monoisotopic (exact) mass is 1020 g/mol. The fourth-order valence-electron chi connectivity index (χ4n) is 8.69. The maximum absolute atomic E-state index is 12.9. The second-order valence-electron chi connectivity index (χ2n) is 20.6. The van der Waals surface area contributed by atoms with E-state index in [2.05, 4.69) is 106 Å². The van der Waals surface area contributed by atoms with E-state index in [1.165, 1.54) is 148 Å². The molecule has 0 aliphatic rings. The van der Waals surface area contributed by atoms with Gasteiger partial charge in [-0.25, -0.2) is 0 Å². The van der Waals surface area contributed by atoms with Gasteiger partial charge in [0.2, 0.25) is 0 Å². The lowest BCUT2D eigenvalue weighted by Gasteiger charge is -2.18. The lowest BCUT2D eigenvalue weighted by Crippen LogP contribution is -2.30. The van der Waals surface area contributed by atoms with E-state index >= 15 is 0 Å². The Morgan fingerprint density at radius 2 is 0.534 bits per heavy atom. The summed E-state index contributed by atoms with van der Waals surface area (Å²) in [6, 6.07) is 0. The van der Waals surface area contributed by atoms with Gasteiger partial charge in [0.1, 0.15) is 13.2 Å². The van der Waals surface area contributed by atoms with E-state index in [1.54, 1.807) is 0 Å². The van der Waals surface area contributed by atoms with Gasteiger partial charge in [0, 0.05) is 19.3 Å². The van der Waals surface area contributed by atoms with Gasteiger partial charge in [-0.1, -0.05) is 254 Å². The molecule has 0 saturated heterocycles. The molecule has 0 N–H and O–H groups in total. The maximum Gasteiger partial charge on any atom is 0.306 e. The average Bonchev–Trinajstić information content (AvgIpc) is 3.39. The van der Waals surface area contributed by atoms with Gasteiger partial charge in [-0.3, -0.25) is 14.4 Å². The minimum absolute atomic E-state index is 0.0846. The zero-order valence-corrected chi connectivity index (χ0v) is 48.1. The van der Waals surface area contributed by atoms with Gasteiger partial charge in [-0.15, -0.1) is 0 Å². The van der Waals surface area contributed by atoms with Crippen LogP contribution in [0.15, 0.2) is 85.1 Å². The lowest BCUT2D eigenvalue weighted by molar-refractivity contribution is -0.167. The molecule has 0 aromatic rings. The first kappa shape index (κ1) is 69.6. The molecule has 0 radical (unpaired) electrons. The van der Waals surface area contributed by atoms with Gasteiger partial charge in [0.05, 0.1) is 0 Å². The number of hydrogen-bond donors (Lipinski definition) is 0. The highest BCUT2D eigenvalue weighted by molar-refractivity contribution is 5.71. The van der Waals surface area contributed by atoms with Crippen molar-refractivity contribution in [3.63, 3.8) is 0 Å². The molecule has 6 heteroatoms. The molecule has 0 rings (SSSR count). The largest absolute Gasteiger partial charge is 0.462 e. The summed E-state index contributed by atoms with van der Waals surface area (Å²) in [5, 5.41) is 0. The molecule has 0 aliphatic carbocycles. The summed E-state index contributed by atoms with van der Waals surface area (Å²) in [7, 11) is 0. The van der Waals surface area contributed by atoms with E-state index in [1.807, 2.05) is 0 Å². The van der Waals surface area contributed by atoms with Gasteiger partial charge in [0.25, 0.3) is 0 Å². The van der Waals surface area contributed by atoms with Crippen molar-refractivity contribution in [3.8, 4) is 0 Å². The summed E-state index contributed by atoms with van der Waals surface area (Å²) >= 11 is 0. The molecule has 0 saturated carbocycles. The summed E-state index contributed by atoms with van der Waals surface area (Å²) in [4.78, 5) is 38.3. The van der Waals surface area contributed by atoms with Crippen LogP contribution in [0.4, 0.5) is 0 Å². The summed E-state index contributed by atoms with van der Waals surface area (Å²) in [6.45, 7) is 6.50. The van der Waals surface area contributed by atoms with Crippen molar-refractivity contribution >= 4 is 17.9 Å². The minimum atomic E-state index is -0.788. The van der Waals surface area contributed by atoms with Crippen molar-refractivity contribution in [1.82, 2.24) is 0 Å². The third kappa shape index (κ3) is 59.3. The normalized spacial score (nSPS) is 12.6. The van der Waals surface area contributed by atoms with E-state index in [9.17, 15) is 14.4 Å². The van der Waals surface area contributed by atoms with E-state index in [0.717, 1.165) is 116 Å². The number of esters is 3. The Kier molecular flexibility index (Phi) is 58.3. The first-order valence-electron chi connectivity index (χ1n) is 31.1. The molecule has 420 valence electrons. The second-order valence-corrected chi connectivity index (χ2v) is 20.6. The molecular weight excluding hydrogens is 901 g/mol. The third-order valence-corrected chi connectivity index (χ3v) is 13.4. The van der Waals surface area contributed by atoms with Crippen molar-refractivity contribution in [2.24, 2.45) is 0 Å². The molecule has 0 heterocycles. The zero-order chi connectivity index (χ0) is 52.9. The van der Waals surface area contributed by atoms with E-state index in [4.69, 9.17) is 14.2 Å². The van der Waals surface area contributed by atoms with Crippen LogP contribution >= 0.6 is 0 Å². The summed E-state index contributed by atoms with van der Waals surface area (Å²) < 4.78 is 16.9. The summed E-state index contributed by atoms with van der Waals surface area (Å²) in [6.07, 6.45) is 80.1. The number of ether oxygens (including phenoxy) is 3. The zero-order valence-electron chi connectivity index (χ0n) is 48.1. The molecule has 0 fully saturated rings. The van der Waals surface area contributed by atoms with Gasteiger partial charge < -0.3 is 14.2 Å². The second kappa shape index (κ2) is 61.1. The number of carbonyl (C=O) groups excluding carboxylic acids is 3. The molecule has 0 bridgehead atoms. The SMILES string of the molecule is CC/C=C\C/C=C\C/C=C\C/C=C\CCCCCCCCCCCCCCC(=O)OCC(COC(=O)CCCCCCC/C=C\CCCCCCCC)OC(=O)CCCCCCC/C=C\C/C=C\CCCCC. The van der Waals surface area contributed by atoms with Crippen molar-refractivity contribution in [2.75, 3.05) is 13.2 Å². The Bertz CT molecular complexity index is 1400. The molecule has 1 atom stereocenters. The Labute approximate surface area is 452 Å². The number of carbonyl (C=O) groups is 3. The molecule has 0 aromatic carbocycles. The highest BCUT2D eigenvalue weighted by atomic mass is 16.6. The van der Waals surface area contributed by atoms with Crippen molar-refractivity contribution in [2.45, 2.75) is 309 Å². The molecule has 0 amide bonds. The standard InChI is InChI=1S/C67H116O6/c1-4-7-10-13-16-19-22-25-28-29-30-31-32-33-34-35-36-37-40-42-45-48-51-54-57-60-66(69)72-63-64(73-67(70)61-58-55-52-49-46-43-39-27-24-21-18-15-12-9-6-3)62-71-65(68)59-56-53-50-47-44-41-38-26-23-20-17-14-11-8-5-2/h7,10,16,18-19,21,25-28,30-31,38-39,64H,4-6,8-9,11-15,17,20,22-24,29,32-37,40-63H2,1-3H3/b10-7-,19-16-,21-18-,28-25-,31-30-,38-26-,39-27-.